The second-order valence-corrected chi connectivity index (χ2v) is 2.01. The molecule has 0 aliphatic heterocycles. The first-order chi connectivity index (χ1) is 5.13. The minimum Gasteiger partial charge on any atom is -0.435 e. The second kappa shape index (κ2) is 4.87. The van der Waals surface area contributed by atoms with Gasteiger partial charge in [-0.15, -0.1) is 0 Å². The Balaban J connectivity index is 3.92. The van der Waals surface area contributed by atoms with E-state index in [9.17, 15) is 4.79 Å². The quantitative estimate of drug-likeness (QED) is 0.340. The molecule has 2 N–H and O–H groups in total. The van der Waals surface area contributed by atoms with Gasteiger partial charge in [0.05, 0.1) is 11.7 Å². The molecular formula is C7H12O4. The van der Waals surface area contributed by atoms with Crippen molar-refractivity contribution in [2.75, 3.05) is 6.79 Å². The predicted octanol–water partition coefficient (Wildman–Crippen LogP) is -0.194. The van der Waals surface area contributed by atoms with Crippen LogP contribution in [0.15, 0.2) is 12.2 Å². The van der Waals surface area contributed by atoms with Gasteiger partial charge in [-0.05, 0) is 6.42 Å². The van der Waals surface area contributed by atoms with Crippen LogP contribution in [0.25, 0.3) is 0 Å². The zero-order chi connectivity index (χ0) is 8.85. The van der Waals surface area contributed by atoms with Gasteiger partial charge in [0, 0.05) is 0 Å². The molecule has 0 heterocycles. The highest BCUT2D eigenvalue weighted by Crippen LogP contribution is 2.04. The number of aliphatic hydroxyl groups excluding tert-OH is 2. The molecule has 0 saturated heterocycles. The first-order valence-corrected chi connectivity index (χ1v) is 3.28. The van der Waals surface area contributed by atoms with Crippen LogP contribution in [0, 0.1) is 0 Å². The van der Waals surface area contributed by atoms with Crippen molar-refractivity contribution in [1.82, 2.24) is 0 Å². The van der Waals surface area contributed by atoms with Crippen molar-refractivity contribution in [1.29, 1.82) is 0 Å². The average molecular weight is 160 g/mol. The van der Waals surface area contributed by atoms with Crippen LogP contribution in [0.4, 0.5) is 0 Å². The topological polar surface area (TPSA) is 66.8 Å². The summed E-state index contributed by atoms with van der Waals surface area (Å²) in [5.41, 5.74) is -0.0263. The Bertz CT molecular complexity index is 153. The van der Waals surface area contributed by atoms with Gasteiger partial charge in [-0.3, -0.25) is 0 Å². The molecule has 0 fully saturated rings. The van der Waals surface area contributed by atoms with Gasteiger partial charge < -0.3 is 14.9 Å². The van der Waals surface area contributed by atoms with Crippen LogP contribution in [0.3, 0.4) is 0 Å². The van der Waals surface area contributed by atoms with Crippen LogP contribution in [-0.4, -0.2) is 29.1 Å². The number of esters is 1. The van der Waals surface area contributed by atoms with Crippen molar-refractivity contribution in [2.45, 2.75) is 19.4 Å². The molecule has 0 spiro atoms. The van der Waals surface area contributed by atoms with E-state index >= 15 is 0 Å². The summed E-state index contributed by atoms with van der Waals surface area (Å²) in [6, 6.07) is 0. The Kier molecular flexibility index (Phi) is 4.49. The van der Waals surface area contributed by atoms with Gasteiger partial charge in [0.1, 0.15) is 0 Å². The maximum absolute atomic E-state index is 10.7. The highest BCUT2D eigenvalue weighted by Gasteiger charge is 2.15. The zero-order valence-corrected chi connectivity index (χ0v) is 6.41. The SMILES string of the molecule is C=C(C(=O)OCO)C(O)CC. The number of hydrogen-bond acceptors (Lipinski definition) is 4. The van der Waals surface area contributed by atoms with E-state index in [1.165, 1.54) is 0 Å². The van der Waals surface area contributed by atoms with Crippen LogP contribution in [-0.2, 0) is 9.53 Å². The molecule has 64 valence electrons. The maximum atomic E-state index is 10.7. The number of ether oxygens (including phenoxy) is 1. The Morgan fingerprint density at radius 1 is 1.73 bits per heavy atom. The fraction of sp³-hybridized carbons (Fsp3) is 0.571. The van der Waals surface area contributed by atoms with E-state index in [0.29, 0.717) is 6.42 Å². The summed E-state index contributed by atoms with van der Waals surface area (Å²) in [6.45, 7) is 4.33. The van der Waals surface area contributed by atoms with Crippen molar-refractivity contribution in [3.05, 3.63) is 12.2 Å². The van der Waals surface area contributed by atoms with Crippen LogP contribution in [0.5, 0.6) is 0 Å². The molecule has 0 bridgehead atoms. The van der Waals surface area contributed by atoms with E-state index in [1.54, 1.807) is 6.92 Å². The molecule has 0 radical (unpaired) electrons. The van der Waals surface area contributed by atoms with Crippen molar-refractivity contribution < 1.29 is 19.7 Å². The van der Waals surface area contributed by atoms with Gasteiger partial charge in [0.2, 0.25) is 0 Å². The highest BCUT2D eigenvalue weighted by molar-refractivity contribution is 5.88. The molecule has 0 amide bonds. The van der Waals surface area contributed by atoms with Crippen LogP contribution in [0.2, 0.25) is 0 Å². The van der Waals surface area contributed by atoms with Gasteiger partial charge in [0.25, 0.3) is 0 Å². The van der Waals surface area contributed by atoms with E-state index in [-0.39, 0.29) is 5.57 Å². The summed E-state index contributed by atoms with van der Waals surface area (Å²) in [7, 11) is 0. The second-order valence-electron chi connectivity index (χ2n) is 2.01. The third-order valence-electron chi connectivity index (χ3n) is 1.25. The third-order valence-corrected chi connectivity index (χ3v) is 1.25. The van der Waals surface area contributed by atoms with E-state index in [2.05, 4.69) is 11.3 Å². The number of carbonyl (C=O) groups is 1. The summed E-state index contributed by atoms with van der Waals surface area (Å²) in [5.74, 6) is -0.762. The molecule has 11 heavy (non-hydrogen) atoms. The lowest BCUT2D eigenvalue weighted by atomic mass is 10.1. The molecule has 0 aromatic carbocycles. The number of hydrogen-bond donors (Lipinski definition) is 2. The number of rotatable bonds is 4. The molecule has 4 heteroatoms. The first kappa shape index (κ1) is 10.1. The standard InChI is InChI=1S/C7H12O4/c1-3-6(9)5(2)7(10)11-4-8/h6,8-9H,2-4H2,1H3. The smallest absolute Gasteiger partial charge is 0.338 e. The molecule has 0 aliphatic carbocycles. The van der Waals surface area contributed by atoms with E-state index < -0.39 is 18.9 Å². The normalized spacial score (nSPS) is 12.3. The lowest BCUT2D eigenvalue weighted by Crippen LogP contribution is -2.18. The summed E-state index contributed by atoms with van der Waals surface area (Å²) in [4.78, 5) is 10.7. The molecule has 1 unspecified atom stereocenters. The number of aliphatic hydroxyl groups is 2. The molecule has 0 aromatic heterocycles. The van der Waals surface area contributed by atoms with E-state index in [1.807, 2.05) is 0 Å². The summed E-state index contributed by atoms with van der Waals surface area (Å²) in [5, 5.41) is 17.2. The third kappa shape index (κ3) is 3.15. The Hall–Kier alpha value is -0.870. The molecule has 1 atom stereocenters. The van der Waals surface area contributed by atoms with Crippen LogP contribution in [0.1, 0.15) is 13.3 Å². The van der Waals surface area contributed by atoms with Crippen LogP contribution >= 0.6 is 0 Å². The molecular weight excluding hydrogens is 148 g/mol. The fourth-order valence-corrected chi connectivity index (χ4v) is 0.534. The van der Waals surface area contributed by atoms with Crippen LogP contribution < -0.4 is 0 Å². The van der Waals surface area contributed by atoms with Gasteiger partial charge in [-0.1, -0.05) is 13.5 Å². The predicted molar refractivity (Wildman–Crippen MR) is 38.6 cm³/mol. The molecule has 0 saturated carbocycles. The maximum Gasteiger partial charge on any atom is 0.338 e. The minimum absolute atomic E-state index is 0.0263. The number of carbonyl (C=O) groups excluding carboxylic acids is 1. The minimum atomic E-state index is -0.881. The largest absolute Gasteiger partial charge is 0.435 e. The first-order valence-electron chi connectivity index (χ1n) is 3.28. The van der Waals surface area contributed by atoms with Gasteiger partial charge >= 0.3 is 5.97 Å². The Labute approximate surface area is 65.1 Å². The lowest BCUT2D eigenvalue weighted by Gasteiger charge is -2.08. The molecule has 4 nitrogen and oxygen atoms in total. The summed E-state index contributed by atoms with van der Waals surface area (Å²) in [6.07, 6.45) is -0.478. The zero-order valence-electron chi connectivity index (χ0n) is 6.41. The summed E-state index contributed by atoms with van der Waals surface area (Å²) < 4.78 is 4.18. The molecule has 0 aliphatic rings. The van der Waals surface area contributed by atoms with E-state index in [4.69, 9.17) is 10.2 Å². The highest BCUT2D eigenvalue weighted by atomic mass is 16.6. The monoisotopic (exact) mass is 160 g/mol. The van der Waals surface area contributed by atoms with Crippen molar-refractivity contribution in [3.63, 3.8) is 0 Å². The Morgan fingerprint density at radius 2 is 2.27 bits per heavy atom. The Morgan fingerprint density at radius 3 is 2.64 bits per heavy atom. The van der Waals surface area contributed by atoms with Gasteiger partial charge in [0.15, 0.2) is 6.79 Å². The van der Waals surface area contributed by atoms with E-state index in [0.717, 1.165) is 0 Å². The van der Waals surface area contributed by atoms with Crippen molar-refractivity contribution in [3.8, 4) is 0 Å². The van der Waals surface area contributed by atoms with Gasteiger partial charge in [-0.25, -0.2) is 4.79 Å². The van der Waals surface area contributed by atoms with Crippen molar-refractivity contribution >= 4 is 5.97 Å². The fourth-order valence-electron chi connectivity index (χ4n) is 0.534. The average Bonchev–Trinajstić information content (AvgIpc) is 2.02. The van der Waals surface area contributed by atoms with Gasteiger partial charge in [-0.2, -0.15) is 0 Å². The summed E-state index contributed by atoms with van der Waals surface area (Å²) >= 11 is 0. The molecule has 0 aromatic rings. The molecule has 0 rings (SSSR count). The lowest BCUT2D eigenvalue weighted by molar-refractivity contribution is -0.148. The van der Waals surface area contributed by atoms with Crippen molar-refractivity contribution in [2.24, 2.45) is 0 Å².